The molecule has 0 unspecified atom stereocenters. The average Bonchev–Trinajstić information content (AvgIpc) is 3.43. The fraction of sp³-hybridized carbons (Fsp3) is 0.190. The molecule has 4 aromatic carbocycles. The predicted molar refractivity (Wildman–Crippen MR) is 202 cm³/mol. The standard InChI is InChI=1S/C27H22NS.C15H18NSi.Ir/c1-27(2,3)20-14-15-28-24(17-20)23-11-7-10-22-21-13-12-19(16-25(21)29-26(22)23)18-8-5-4-6-9-18;1-12-10-14(13-8-6-5-7-9-13)16-11-15(12)17(2,3)4;/h4-10,12-17H,1-3H3;5-8,10-11H,1-4H3;/q2*-1;. The van der Waals surface area contributed by atoms with Crippen molar-refractivity contribution in [2.45, 2.75) is 52.8 Å². The van der Waals surface area contributed by atoms with E-state index in [0.29, 0.717) is 0 Å². The van der Waals surface area contributed by atoms with Crippen molar-refractivity contribution in [3.05, 3.63) is 139 Å². The minimum atomic E-state index is -1.27. The number of pyridine rings is 2. The van der Waals surface area contributed by atoms with Gasteiger partial charge in [0.2, 0.25) is 0 Å². The van der Waals surface area contributed by atoms with Gasteiger partial charge >= 0.3 is 0 Å². The molecule has 0 aliphatic heterocycles. The van der Waals surface area contributed by atoms with Crippen LogP contribution >= 0.6 is 11.3 Å². The Labute approximate surface area is 298 Å². The Bertz CT molecular complexity index is 2120. The first kappa shape index (κ1) is 34.6. The van der Waals surface area contributed by atoms with Crippen LogP contribution in [0.25, 0.3) is 53.8 Å². The molecule has 47 heavy (non-hydrogen) atoms. The minimum absolute atomic E-state index is 0. The van der Waals surface area contributed by atoms with Crippen molar-refractivity contribution in [2.75, 3.05) is 0 Å². The second-order valence-corrected chi connectivity index (χ2v) is 20.0. The molecule has 7 rings (SSSR count). The van der Waals surface area contributed by atoms with Gasteiger partial charge in [0.15, 0.2) is 0 Å². The summed E-state index contributed by atoms with van der Waals surface area (Å²) in [5.41, 5.74) is 9.42. The molecule has 0 saturated carbocycles. The molecule has 0 aliphatic carbocycles. The van der Waals surface area contributed by atoms with Gasteiger partial charge in [-0.3, -0.25) is 0 Å². The van der Waals surface area contributed by atoms with Gasteiger partial charge in [0, 0.05) is 37.2 Å². The number of rotatable bonds is 4. The predicted octanol–water partition coefficient (Wildman–Crippen LogP) is 11.3. The number of thiophene rings is 1. The van der Waals surface area contributed by atoms with Crippen LogP contribution in [0.15, 0.2) is 116 Å². The monoisotopic (exact) mass is 825 g/mol. The third-order valence-electron chi connectivity index (χ3n) is 8.33. The summed E-state index contributed by atoms with van der Waals surface area (Å²) < 4.78 is 2.56. The molecule has 5 heteroatoms. The van der Waals surface area contributed by atoms with Gasteiger partial charge in [-0.2, -0.15) is 11.3 Å². The Morgan fingerprint density at radius 3 is 2.15 bits per heavy atom. The number of aryl methyl sites for hydroxylation is 1. The van der Waals surface area contributed by atoms with E-state index >= 15 is 0 Å². The zero-order chi connectivity index (χ0) is 32.5. The summed E-state index contributed by atoms with van der Waals surface area (Å²) >= 11 is 1.83. The molecular formula is C42H40IrN2SSi-2. The van der Waals surface area contributed by atoms with Crippen LogP contribution in [0.4, 0.5) is 0 Å². The Kier molecular flexibility index (Phi) is 10.4. The van der Waals surface area contributed by atoms with Crippen LogP contribution in [0, 0.1) is 19.1 Å². The zero-order valence-corrected chi connectivity index (χ0v) is 32.3. The van der Waals surface area contributed by atoms with E-state index < -0.39 is 8.07 Å². The number of benzene rings is 4. The van der Waals surface area contributed by atoms with Crippen molar-refractivity contribution >= 4 is 44.8 Å². The summed E-state index contributed by atoms with van der Waals surface area (Å²) in [4.78, 5) is 9.26. The first-order chi connectivity index (χ1) is 22.0. The van der Waals surface area contributed by atoms with Gasteiger partial charge in [-0.05, 0) is 67.8 Å². The van der Waals surface area contributed by atoms with Gasteiger partial charge in [-0.15, -0.1) is 59.7 Å². The van der Waals surface area contributed by atoms with Crippen molar-refractivity contribution < 1.29 is 20.1 Å². The number of nitrogens with zero attached hydrogens (tertiary/aromatic N) is 2. The Morgan fingerprint density at radius 1 is 0.702 bits per heavy atom. The fourth-order valence-corrected chi connectivity index (χ4v) is 8.77. The van der Waals surface area contributed by atoms with E-state index in [2.05, 4.69) is 154 Å². The molecule has 7 aromatic rings. The molecule has 0 spiro atoms. The summed E-state index contributed by atoms with van der Waals surface area (Å²) in [6, 6.07) is 42.7. The second kappa shape index (κ2) is 14.2. The summed E-state index contributed by atoms with van der Waals surface area (Å²) in [6.07, 6.45) is 3.97. The third kappa shape index (κ3) is 7.71. The van der Waals surface area contributed by atoms with E-state index in [9.17, 15) is 0 Å². The SMILES string of the molecule is CC(C)(C)c1ccnc(-c2[c-]ccc3c2sc2cc(-c4ccccc4)ccc23)c1.Cc1cc(-c2[c-]cccc2)ncc1[Si](C)(C)C.[Ir]. The van der Waals surface area contributed by atoms with Gasteiger partial charge in [-0.25, -0.2) is 0 Å². The minimum Gasteiger partial charge on any atom is -0.305 e. The first-order valence-corrected chi connectivity index (χ1v) is 20.1. The first-order valence-electron chi connectivity index (χ1n) is 15.8. The summed E-state index contributed by atoms with van der Waals surface area (Å²) in [5.74, 6) is 0. The molecule has 3 aromatic heterocycles. The van der Waals surface area contributed by atoms with Crippen molar-refractivity contribution in [1.29, 1.82) is 0 Å². The van der Waals surface area contributed by atoms with E-state index in [0.717, 1.165) is 22.5 Å². The normalized spacial score (nSPS) is 11.6. The number of hydrogen-bond acceptors (Lipinski definition) is 3. The van der Waals surface area contributed by atoms with E-state index in [1.54, 1.807) is 0 Å². The molecule has 0 bridgehead atoms. The Morgan fingerprint density at radius 2 is 1.47 bits per heavy atom. The van der Waals surface area contributed by atoms with Crippen LogP contribution in [0.5, 0.6) is 0 Å². The number of aromatic nitrogens is 2. The van der Waals surface area contributed by atoms with Crippen LogP contribution in [-0.2, 0) is 25.5 Å². The zero-order valence-electron chi connectivity index (χ0n) is 28.1. The maximum absolute atomic E-state index is 4.68. The number of fused-ring (bicyclic) bond motifs is 3. The van der Waals surface area contributed by atoms with Crippen molar-refractivity contribution in [3.8, 4) is 33.6 Å². The van der Waals surface area contributed by atoms with Crippen LogP contribution in [-0.4, -0.2) is 18.0 Å². The van der Waals surface area contributed by atoms with E-state index in [-0.39, 0.29) is 25.5 Å². The molecule has 3 heterocycles. The van der Waals surface area contributed by atoms with Crippen LogP contribution < -0.4 is 5.19 Å². The smallest absolute Gasteiger partial charge is 0.0798 e. The third-order valence-corrected chi connectivity index (χ3v) is 11.7. The van der Waals surface area contributed by atoms with E-state index in [4.69, 9.17) is 0 Å². The van der Waals surface area contributed by atoms with Crippen molar-refractivity contribution in [1.82, 2.24) is 9.97 Å². The topological polar surface area (TPSA) is 25.8 Å². The van der Waals surface area contributed by atoms with Gasteiger partial charge in [0.25, 0.3) is 0 Å². The molecule has 0 amide bonds. The Hall–Kier alpha value is -3.73. The summed E-state index contributed by atoms with van der Waals surface area (Å²) in [7, 11) is -1.27. The summed E-state index contributed by atoms with van der Waals surface area (Å²) in [6.45, 7) is 16.0. The van der Waals surface area contributed by atoms with Crippen LogP contribution in [0.2, 0.25) is 19.6 Å². The molecule has 0 fully saturated rings. The number of hydrogen-bond donors (Lipinski definition) is 0. The molecule has 239 valence electrons. The fourth-order valence-electron chi connectivity index (χ4n) is 5.82. The van der Waals surface area contributed by atoms with E-state index in [1.165, 1.54) is 47.6 Å². The van der Waals surface area contributed by atoms with Crippen molar-refractivity contribution in [3.63, 3.8) is 0 Å². The maximum atomic E-state index is 4.68. The van der Waals surface area contributed by atoms with Gasteiger partial charge in [-0.1, -0.05) is 106 Å². The van der Waals surface area contributed by atoms with E-state index in [1.807, 2.05) is 41.8 Å². The van der Waals surface area contributed by atoms with Crippen LogP contribution in [0.1, 0.15) is 31.9 Å². The molecule has 0 aliphatic rings. The largest absolute Gasteiger partial charge is 0.305 e. The molecular weight excluding hydrogens is 785 g/mol. The molecule has 0 saturated heterocycles. The van der Waals surface area contributed by atoms with Crippen LogP contribution in [0.3, 0.4) is 0 Å². The molecule has 1 radical (unpaired) electrons. The average molecular weight is 825 g/mol. The quantitative estimate of drug-likeness (QED) is 0.131. The summed E-state index contributed by atoms with van der Waals surface area (Å²) in [5, 5.41) is 4.02. The maximum Gasteiger partial charge on any atom is 0.0798 e. The second-order valence-electron chi connectivity index (χ2n) is 13.9. The molecule has 0 N–H and O–H groups in total. The van der Waals surface area contributed by atoms with Gasteiger partial charge < -0.3 is 9.97 Å². The molecule has 2 nitrogen and oxygen atoms in total. The van der Waals surface area contributed by atoms with Gasteiger partial charge in [0.1, 0.15) is 0 Å². The molecule has 0 atom stereocenters. The van der Waals surface area contributed by atoms with Crippen molar-refractivity contribution in [2.24, 2.45) is 0 Å². The van der Waals surface area contributed by atoms with Gasteiger partial charge in [0.05, 0.1) is 8.07 Å². The Balaban J connectivity index is 0.000000207.